The topological polar surface area (TPSA) is 88.0 Å². The van der Waals surface area contributed by atoms with Gasteiger partial charge in [0.05, 0.1) is 11.1 Å². The van der Waals surface area contributed by atoms with Gasteiger partial charge in [0.2, 0.25) is 6.79 Å². The third-order valence-electron chi connectivity index (χ3n) is 4.22. The summed E-state index contributed by atoms with van der Waals surface area (Å²) in [7, 11) is 0. The Kier molecular flexibility index (Phi) is 4.67. The summed E-state index contributed by atoms with van der Waals surface area (Å²) in [6.45, 7) is 0.460. The van der Waals surface area contributed by atoms with Crippen molar-refractivity contribution in [2.45, 2.75) is 6.54 Å². The summed E-state index contributed by atoms with van der Waals surface area (Å²) in [5.41, 5.74) is 1.36. The monoisotopic (exact) mass is 387 g/mol. The summed E-state index contributed by atoms with van der Waals surface area (Å²) >= 11 is 1.13. The number of fused-ring (bicyclic) bond motifs is 1. The van der Waals surface area contributed by atoms with Crippen LogP contribution in [-0.4, -0.2) is 11.4 Å². The van der Waals surface area contributed by atoms with E-state index in [0.29, 0.717) is 20.7 Å². The van der Waals surface area contributed by atoms with Crippen LogP contribution in [0.1, 0.15) is 11.1 Å². The van der Waals surface area contributed by atoms with Crippen LogP contribution in [0.15, 0.2) is 53.3 Å². The van der Waals surface area contributed by atoms with Gasteiger partial charge in [-0.3, -0.25) is 9.36 Å². The highest BCUT2D eigenvalue weighted by Gasteiger charge is 2.14. The van der Waals surface area contributed by atoms with Gasteiger partial charge in [-0.05, 0) is 29.3 Å². The number of nitrogens with zero attached hydrogens (tertiary/aromatic N) is 3. The van der Waals surface area contributed by atoms with Crippen molar-refractivity contribution in [3.63, 3.8) is 0 Å². The molecule has 2 heterocycles. The first-order valence-corrected chi connectivity index (χ1v) is 9.20. The molecule has 2 aromatic carbocycles. The molecular formula is C21H13N3O3S. The summed E-state index contributed by atoms with van der Waals surface area (Å²) in [6.07, 6.45) is 1.73. The zero-order valence-corrected chi connectivity index (χ0v) is 15.4. The second kappa shape index (κ2) is 7.43. The summed E-state index contributed by atoms with van der Waals surface area (Å²) < 4.78 is 12.9. The molecule has 0 bridgehead atoms. The second-order valence-corrected chi connectivity index (χ2v) is 7.03. The van der Waals surface area contributed by atoms with E-state index >= 15 is 0 Å². The lowest BCUT2D eigenvalue weighted by atomic mass is 10.2. The van der Waals surface area contributed by atoms with Gasteiger partial charge >= 0.3 is 0 Å². The lowest BCUT2D eigenvalue weighted by Crippen LogP contribution is -2.32. The number of hydrogen-bond acceptors (Lipinski definition) is 6. The van der Waals surface area contributed by atoms with Crippen molar-refractivity contribution in [2.24, 2.45) is 0 Å². The quantitative estimate of drug-likeness (QED) is 0.683. The number of thiazole rings is 1. The van der Waals surface area contributed by atoms with Gasteiger partial charge in [0.1, 0.15) is 16.8 Å². The molecule has 7 heteroatoms. The molecule has 28 heavy (non-hydrogen) atoms. The molecule has 0 saturated heterocycles. The van der Waals surface area contributed by atoms with Gasteiger partial charge in [0.15, 0.2) is 17.1 Å². The molecule has 1 aliphatic heterocycles. The molecule has 0 unspecified atom stereocenters. The van der Waals surface area contributed by atoms with Gasteiger partial charge < -0.3 is 9.47 Å². The van der Waals surface area contributed by atoms with Crippen LogP contribution < -0.4 is 24.2 Å². The molecule has 0 spiro atoms. The maximum absolute atomic E-state index is 13.0. The number of nitriles is 2. The highest BCUT2D eigenvalue weighted by Crippen LogP contribution is 2.32. The van der Waals surface area contributed by atoms with Gasteiger partial charge in [0.25, 0.3) is 5.56 Å². The summed E-state index contributed by atoms with van der Waals surface area (Å²) in [6, 6.07) is 18.6. The lowest BCUT2D eigenvalue weighted by molar-refractivity contribution is 0.174. The van der Waals surface area contributed by atoms with Crippen molar-refractivity contribution < 1.29 is 9.47 Å². The molecule has 0 fully saturated rings. The minimum atomic E-state index is -0.246. The number of benzene rings is 2. The Balaban J connectivity index is 1.89. The van der Waals surface area contributed by atoms with Crippen LogP contribution in [0, 0.1) is 22.7 Å². The minimum absolute atomic E-state index is 0.0802. The van der Waals surface area contributed by atoms with Crippen LogP contribution in [0.4, 0.5) is 0 Å². The zero-order valence-electron chi connectivity index (χ0n) is 14.6. The predicted molar refractivity (Wildman–Crippen MR) is 104 cm³/mol. The molecule has 0 saturated carbocycles. The van der Waals surface area contributed by atoms with Crippen LogP contribution in [0.25, 0.3) is 11.6 Å². The average molecular weight is 387 g/mol. The Morgan fingerprint density at radius 1 is 1.11 bits per heavy atom. The van der Waals surface area contributed by atoms with Gasteiger partial charge in [0, 0.05) is 0 Å². The molecule has 136 valence electrons. The molecule has 0 aliphatic carbocycles. The van der Waals surface area contributed by atoms with Gasteiger partial charge in [-0.15, -0.1) is 11.3 Å². The van der Waals surface area contributed by atoms with E-state index in [0.717, 1.165) is 22.5 Å². The Hall–Kier alpha value is -3.81. The molecule has 0 atom stereocenters. The second-order valence-electron chi connectivity index (χ2n) is 6.00. The third kappa shape index (κ3) is 3.27. The molecular weight excluding hydrogens is 374 g/mol. The van der Waals surface area contributed by atoms with Gasteiger partial charge in [-0.2, -0.15) is 10.5 Å². The SMILES string of the molecule is N#CC(C#N)=c1sc(=Cc2ccc3c(c2)OCO3)c(=O)n1Cc1ccccc1. The first kappa shape index (κ1) is 17.6. The molecule has 0 radical (unpaired) electrons. The first-order chi connectivity index (χ1) is 13.7. The van der Waals surface area contributed by atoms with E-state index < -0.39 is 0 Å². The minimum Gasteiger partial charge on any atom is -0.454 e. The van der Waals surface area contributed by atoms with Crippen molar-refractivity contribution in [3.05, 3.63) is 79.2 Å². The maximum atomic E-state index is 13.0. The lowest BCUT2D eigenvalue weighted by Gasteiger charge is -2.02. The zero-order chi connectivity index (χ0) is 19.5. The number of aromatic nitrogens is 1. The number of rotatable bonds is 3. The number of ether oxygens (including phenoxy) is 2. The van der Waals surface area contributed by atoms with Crippen LogP contribution in [0.3, 0.4) is 0 Å². The average Bonchev–Trinajstić information content (AvgIpc) is 3.30. The van der Waals surface area contributed by atoms with Crippen LogP contribution >= 0.6 is 11.3 Å². The highest BCUT2D eigenvalue weighted by molar-refractivity contribution is 7.07. The smallest absolute Gasteiger partial charge is 0.269 e. The van der Waals surface area contributed by atoms with E-state index in [1.54, 1.807) is 18.2 Å². The molecule has 0 amide bonds. The standard InChI is InChI=1S/C21H13N3O3S/c22-10-16(11-23)21-24(12-14-4-2-1-3-5-14)20(25)19(28-21)9-15-6-7-17-18(8-15)27-13-26-17/h1-9H,12-13H2. The molecule has 1 aliphatic rings. The molecule has 3 aromatic rings. The van der Waals surface area contributed by atoms with E-state index in [2.05, 4.69) is 0 Å². The maximum Gasteiger partial charge on any atom is 0.269 e. The van der Waals surface area contributed by atoms with Crippen LogP contribution in [0.5, 0.6) is 11.5 Å². The largest absolute Gasteiger partial charge is 0.454 e. The first-order valence-electron chi connectivity index (χ1n) is 8.39. The third-order valence-corrected chi connectivity index (χ3v) is 5.35. The van der Waals surface area contributed by atoms with Crippen LogP contribution in [0.2, 0.25) is 0 Å². The Morgan fingerprint density at radius 3 is 2.61 bits per heavy atom. The molecule has 4 rings (SSSR count). The van der Waals surface area contributed by atoms with Crippen molar-refractivity contribution in [2.75, 3.05) is 6.79 Å². The summed E-state index contributed by atoms with van der Waals surface area (Å²) in [4.78, 5) is 13.0. The van der Waals surface area contributed by atoms with E-state index in [-0.39, 0.29) is 24.5 Å². The molecule has 0 N–H and O–H groups in total. The van der Waals surface area contributed by atoms with Crippen molar-refractivity contribution >= 4 is 23.0 Å². The molecule has 6 nitrogen and oxygen atoms in total. The van der Waals surface area contributed by atoms with Crippen LogP contribution in [-0.2, 0) is 6.54 Å². The normalized spacial score (nSPS) is 12.4. The van der Waals surface area contributed by atoms with E-state index in [4.69, 9.17) is 9.47 Å². The fourth-order valence-electron chi connectivity index (χ4n) is 2.89. The fourth-order valence-corrected chi connectivity index (χ4v) is 3.94. The molecule has 1 aromatic heterocycles. The van der Waals surface area contributed by atoms with Crippen molar-refractivity contribution in [1.29, 1.82) is 10.5 Å². The van der Waals surface area contributed by atoms with Crippen molar-refractivity contribution in [3.8, 4) is 23.6 Å². The van der Waals surface area contributed by atoms with Gasteiger partial charge in [-0.25, -0.2) is 0 Å². The summed E-state index contributed by atoms with van der Waals surface area (Å²) in [5, 5.41) is 18.6. The van der Waals surface area contributed by atoms with Gasteiger partial charge in [-0.1, -0.05) is 36.4 Å². The van der Waals surface area contributed by atoms with E-state index in [1.807, 2.05) is 48.5 Å². The highest BCUT2D eigenvalue weighted by atomic mass is 32.1. The fraction of sp³-hybridized carbons (Fsp3) is 0.0952. The number of hydrogen-bond donors (Lipinski definition) is 0. The Morgan fingerprint density at radius 2 is 1.86 bits per heavy atom. The summed E-state index contributed by atoms with van der Waals surface area (Å²) in [5.74, 6) is 1.28. The van der Waals surface area contributed by atoms with E-state index in [1.165, 1.54) is 4.57 Å². The predicted octanol–water partition coefficient (Wildman–Crippen LogP) is 1.71. The van der Waals surface area contributed by atoms with E-state index in [9.17, 15) is 15.3 Å². The Labute approximate surface area is 164 Å². The Bertz CT molecular complexity index is 1290. The van der Waals surface area contributed by atoms with Crippen molar-refractivity contribution in [1.82, 2.24) is 4.57 Å².